The van der Waals surface area contributed by atoms with Crippen molar-refractivity contribution in [2.75, 3.05) is 19.0 Å². The predicted octanol–water partition coefficient (Wildman–Crippen LogP) is 3.70. The standard InChI is InChI=1S/C19H23N3O/c1-3-18(22-14-20)17-6-4-5-7-19(17)23-13-12-15-8-10-16(21-2)11-9-15/h3-11,14,21H,12-13H2,1-2H3,(H2,20,22)/b18-3-. The van der Waals surface area contributed by atoms with E-state index in [4.69, 9.17) is 10.5 Å². The summed E-state index contributed by atoms with van der Waals surface area (Å²) >= 11 is 0. The number of nitrogens with zero attached hydrogens (tertiary/aromatic N) is 1. The maximum absolute atomic E-state index is 5.96. The molecule has 4 nitrogen and oxygen atoms in total. The summed E-state index contributed by atoms with van der Waals surface area (Å²) in [5.41, 5.74) is 9.52. The molecule has 4 heteroatoms. The molecule has 0 atom stereocenters. The summed E-state index contributed by atoms with van der Waals surface area (Å²) < 4.78 is 5.96. The number of aliphatic imine (C=N–C) groups is 1. The minimum atomic E-state index is 0.610. The Morgan fingerprint density at radius 3 is 2.57 bits per heavy atom. The molecule has 2 aromatic carbocycles. The molecule has 120 valence electrons. The fraction of sp³-hybridized carbons (Fsp3) is 0.211. The van der Waals surface area contributed by atoms with Gasteiger partial charge in [0.05, 0.1) is 18.6 Å². The molecule has 2 rings (SSSR count). The van der Waals surface area contributed by atoms with Crippen LogP contribution in [0.2, 0.25) is 0 Å². The number of ether oxygens (including phenoxy) is 1. The van der Waals surface area contributed by atoms with Gasteiger partial charge in [-0.3, -0.25) is 0 Å². The SMILES string of the molecule is C/C=C(\N=CN)c1ccccc1OCCc1ccc(NC)cc1. The Kier molecular flexibility index (Phi) is 6.24. The molecule has 0 unspecified atom stereocenters. The summed E-state index contributed by atoms with van der Waals surface area (Å²) in [6.07, 6.45) is 4.07. The van der Waals surface area contributed by atoms with E-state index in [1.807, 2.05) is 44.3 Å². The van der Waals surface area contributed by atoms with E-state index in [2.05, 4.69) is 34.6 Å². The number of nitrogens with two attached hydrogens (primary N) is 1. The molecule has 0 amide bonds. The first-order valence-electron chi connectivity index (χ1n) is 7.68. The quantitative estimate of drug-likeness (QED) is 0.605. The van der Waals surface area contributed by atoms with E-state index in [0.717, 1.165) is 29.1 Å². The zero-order chi connectivity index (χ0) is 16.5. The second-order valence-corrected chi connectivity index (χ2v) is 4.99. The van der Waals surface area contributed by atoms with Crippen LogP contribution in [0.1, 0.15) is 18.1 Å². The van der Waals surface area contributed by atoms with Gasteiger partial charge in [-0.05, 0) is 36.8 Å². The van der Waals surface area contributed by atoms with Gasteiger partial charge in [0.1, 0.15) is 5.75 Å². The van der Waals surface area contributed by atoms with Gasteiger partial charge in [-0.2, -0.15) is 0 Å². The van der Waals surface area contributed by atoms with Crippen LogP contribution in [0.3, 0.4) is 0 Å². The molecule has 0 aliphatic heterocycles. The molecule has 0 fully saturated rings. The van der Waals surface area contributed by atoms with E-state index >= 15 is 0 Å². The van der Waals surface area contributed by atoms with Crippen molar-refractivity contribution in [2.45, 2.75) is 13.3 Å². The first-order chi connectivity index (χ1) is 11.3. The van der Waals surface area contributed by atoms with E-state index in [1.54, 1.807) is 0 Å². The molecule has 0 spiro atoms. The van der Waals surface area contributed by atoms with Crippen LogP contribution >= 0.6 is 0 Å². The number of benzene rings is 2. The molecule has 0 saturated heterocycles. The molecule has 0 aliphatic rings. The lowest BCUT2D eigenvalue weighted by atomic mass is 10.1. The van der Waals surface area contributed by atoms with Crippen LogP contribution in [-0.4, -0.2) is 20.0 Å². The number of allylic oxidation sites excluding steroid dienone is 1. The normalized spacial score (nSPS) is 11.7. The topological polar surface area (TPSA) is 59.6 Å². The average Bonchev–Trinajstić information content (AvgIpc) is 2.61. The summed E-state index contributed by atoms with van der Waals surface area (Å²) in [5.74, 6) is 0.818. The summed E-state index contributed by atoms with van der Waals surface area (Å²) in [4.78, 5) is 4.19. The number of para-hydroxylation sites is 1. The molecular formula is C19H23N3O. The maximum Gasteiger partial charge on any atom is 0.128 e. The van der Waals surface area contributed by atoms with Gasteiger partial charge in [0.15, 0.2) is 0 Å². The number of hydrogen-bond donors (Lipinski definition) is 2. The van der Waals surface area contributed by atoms with Crippen molar-refractivity contribution in [1.82, 2.24) is 0 Å². The Bertz CT molecular complexity index is 675. The van der Waals surface area contributed by atoms with Crippen LogP contribution in [0.15, 0.2) is 59.6 Å². The molecule has 0 aliphatic carbocycles. The summed E-state index contributed by atoms with van der Waals surface area (Å²) in [6, 6.07) is 16.2. The Hall–Kier alpha value is -2.75. The van der Waals surface area contributed by atoms with Gasteiger partial charge >= 0.3 is 0 Å². The smallest absolute Gasteiger partial charge is 0.128 e. The van der Waals surface area contributed by atoms with Crippen LogP contribution in [0, 0.1) is 0 Å². The fourth-order valence-corrected chi connectivity index (χ4v) is 2.30. The lowest BCUT2D eigenvalue weighted by Gasteiger charge is -2.12. The van der Waals surface area contributed by atoms with E-state index in [0.29, 0.717) is 6.61 Å². The Morgan fingerprint density at radius 2 is 1.91 bits per heavy atom. The number of anilines is 1. The maximum atomic E-state index is 5.96. The van der Waals surface area contributed by atoms with Crippen LogP contribution in [-0.2, 0) is 6.42 Å². The number of nitrogens with one attached hydrogen (secondary N) is 1. The van der Waals surface area contributed by atoms with Crippen molar-refractivity contribution < 1.29 is 4.74 Å². The van der Waals surface area contributed by atoms with Crippen molar-refractivity contribution in [1.29, 1.82) is 0 Å². The molecule has 0 aromatic heterocycles. The van der Waals surface area contributed by atoms with Crippen molar-refractivity contribution >= 4 is 17.7 Å². The Balaban J connectivity index is 2.03. The van der Waals surface area contributed by atoms with E-state index in [1.165, 1.54) is 11.9 Å². The minimum Gasteiger partial charge on any atom is -0.493 e. The molecule has 3 N–H and O–H groups in total. The lowest BCUT2D eigenvalue weighted by Crippen LogP contribution is -2.03. The average molecular weight is 309 g/mol. The second kappa shape index (κ2) is 8.63. The second-order valence-electron chi connectivity index (χ2n) is 4.99. The third kappa shape index (κ3) is 4.61. The highest BCUT2D eigenvalue weighted by Gasteiger charge is 2.07. The molecule has 0 bridgehead atoms. The van der Waals surface area contributed by atoms with Crippen molar-refractivity contribution in [3.63, 3.8) is 0 Å². The minimum absolute atomic E-state index is 0.610. The fourth-order valence-electron chi connectivity index (χ4n) is 2.30. The molecule has 0 saturated carbocycles. The van der Waals surface area contributed by atoms with Crippen LogP contribution in [0.4, 0.5) is 5.69 Å². The highest BCUT2D eigenvalue weighted by molar-refractivity contribution is 5.75. The van der Waals surface area contributed by atoms with Gasteiger partial charge in [-0.25, -0.2) is 4.99 Å². The number of hydrogen-bond acceptors (Lipinski definition) is 3. The van der Waals surface area contributed by atoms with Gasteiger partial charge in [-0.1, -0.05) is 30.3 Å². The molecule has 0 heterocycles. The van der Waals surface area contributed by atoms with Crippen molar-refractivity contribution in [3.8, 4) is 5.75 Å². The lowest BCUT2D eigenvalue weighted by molar-refractivity contribution is 0.321. The predicted molar refractivity (Wildman–Crippen MR) is 98.0 cm³/mol. The van der Waals surface area contributed by atoms with Crippen LogP contribution < -0.4 is 15.8 Å². The highest BCUT2D eigenvalue weighted by Crippen LogP contribution is 2.26. The van der Waals surface area contributed by atoms with E-state index in [-0.39, 0.29) is 0 Å². The van der Waals surface area contributed by atoms with Crippen molar-refractivity contribution in [2.24, 2.45) is 10.7 Å². The van der Waals surface area contributed by atoms with Gasteiger partial charge < -0.3 is 15.8 Å². The third-order valence-electron chi connectivity index (χ3n) is 3.54. The summed E-state index contributed by atoms with van der Waals surface area (Å²) in [6.45, 7) is 2.54. The van der Waals surface area contributed by atoms with Crippen LogP contribution in [0.5, 0.6) is 5.75 Å². The van der Waals surface area contributed by atoms with Crippen LogP contribution in [0.25, 0.3) is 5.70 Å². The first-order valence-corrected chi connectivity index (χ1v) is 7.68. The molecule has 0 radical (unpaired) electrons. The Labute approximate surface area is 137 Å². The monoisotopic (exact) mass is 309 g/mol. The van der Waals surface area contributed by atoms with Gasteiger partial charge in [0.25, 0.3) is 0 Å². The van der Waals surface area contributed by atoms with E-state index in [9.17, 15) is 0 Å². The summed E-state index contributed by atoms with van der Waals surface area (Å²) in [7, 11) is 1.91. The number of rotatable bonds is 7. The largest absolute Gasteiger partial charge is 0.493 e. The Morgan fingerprint density at radius 1 is 1.17 bits per heavy atom. The molecule has 23 heavy (non-hydrogen) atoms. The van der Waals surface area contributed by atoms with Crippen molar-refractivity contribution in [3.05, 3.63) is 65.7 Å². The van der Waals surface area contributed by atoms with Gasteiger partial charge in [0, 0.05) is 24.7 Å². The van der Waals surface area contributed by atoms with Gasteiger partial charge in [-0.15, -0.1) is 0 Å². The third-order valence-corrected chi connectivity index (χ3v) is 3.54. The van der Waals surface area contributed by atoms with Gasteiger partial charge in [0.2, 0.25) is 0 Å². The summed E-state index contributed by atoms with van der Waals surface area (Å²) in [5, 5.41) is 3.11. The molecule has 2 aromatic rings. The van der Waals surface area contributed by atoms with E-state index < -0.39 is 0 Å². The zero-order valence-corrected chi connectivity index (χ0v) is 13.6. The molecular weight excluding hydrogens is 286 g/mol. The highest BCUT2D eigenvalue weighted by atomic mass is 16.5. The first kappa shape index (κ1) is 16.6. The zero-order valence-electron chi connectivity index (χ0n) is 13.6.